The van der Waals surface area contributed by atoms with E-state index in [4.69, 9.17) is 0 Å². The third kappa shape index (κ3) is 4.84. The number of hydrazine groups is 1. The van der Waals surface area contributed by atoms with Crippen molar-refractivity contribution < 1.29 is 14.6 Å². The number of aromatic nitrogens is 2. The Kier molecular flexibility index (Phi) is 5.48. The predicted molar refractivity (Wildman–Crippen MR) is 96.2 cm³/mol. The Bertz CT molecular complexity index is 894. The molecule has 0 radical (unpaired) electrons. The summed E-state index contributed by atoms with van der Waals surface area (Å²) in [6, 6.07) is 5.31. The second kappa shape index (κ2) is 7.59. The molecule has 0 fully saturated rings. The third-order valence-electron chi connectivity index (χ3n) is 3.14. The van der Waals surface area contributed by atoms with Gasteiger partial charge in [-0.15, -0.1) is 0 Å². The van der Waals surface area contributed by atoms with Gasteiger partial charge in [0, 0.05) is 11.6 Å². The lowest BCUT2D eigenvalue weighted by Crippen LogP contribution is -2.31. The van der Waals surface area contributed by atoms with Crippen molar-refractivity contribution in [2.75, 3.05) is 10.7 Å². The van der Waals surface area contributed by atoms with E-state index in [1.807, 2.05) is 0 Å². The van der Waals surface area contributed by atoms with Crippen LogP contribution < -0.4 is 16.2 Å². The van der Waals surface area contributed by atoms with E-state index in [1.54, 1.807) is 20.8 Å². The van der Waals surface area contributed by atoms with Gasteiger partial charge in [-0.05, 0) is 26.8 Å². The second-order valence-corrected chi connectivity index (χ2v) is 6.40. The molecule has 142 valence electrons. The largest absolute Gasteiger partial charge is 0.360 e. The summed E-state index contributed by atoms with van der Waals surface area (Å²) in [5, 5.41) is 25.3. The Morgan fingerprint density at radius 2 is 1.67 bits per heavy atom. The van der Waals surface area contributed by atoms with E-state index in [1.165, 1.54) is 24.3 Å². The molecule has 0 spiro atoms. The number of nitrogens with zero attached hydrogens (tertiary/aromatic N) is 4. The van der Waals surface area contributed by atoms with Gasteiger partial charge in [0.15, 0.2) is 0 Å². The molecule has 3 N–H and O–H groups in total. The Morgan fingerprint density at radius 3 is 2.26 bits per heavy atom. The van der Waals surface area contributed by atoms with Gasteiger partial charge in [0.25, 0.3) is 11.6 Å². The van der Waals surface area contributed by atoms with Crippen LogP contribution in [0.3, 0.4) is 0 Å². The standard InChI is InChI=1S/C15H17N7O5/c1-15(2,3)18-12-11(22(26)27)13(17-8-16-12)19-20-14(23)9-6-4-5-7-10(9)21(24)25/h4-8H,1-3H3,(H,20,23)(H2,16,17,18,19). The topological polar surface area (TPSA) is 165 Å². The highest BCUT2D eigenvalue weighted by Gasteiger charge is 2.27. The summed E-state index contributed by atoms with van der Waals surface area (Å²) in [4.78, 5) is 40.9. The van der Waals surface area contributed by atoms with Gasteiger partial charge in [0.05, 0.1) is 9.85 Å². The monoisotopic (exact) mass is 375 g/mol. The maximum Gasteiger partial charge on any atom is 0.354 e. The van der Waals surface area contributed by atoms with E-state index in [2.05, 4.69) is 26.1 Å². The van der Waals surface area contributed by atoms with Crippen LogP contribution in [0, 0.1) is 20.2 Å². The smallest absolute Gasteiger partial charge is 0.354 e. The SMILES string of the molecule is CC(C)(C)Nc1ncnc(NNC(=O)c2ccccc2[N+](=O)[O-])c1[N+](=O)[O-]. The molecular formula is C15H17N7O5. The van der Waals surface area contributed by atoms with Crippen molar-refractivity contribution in [1.82, 2.24) is 15.4 Å². The van der Waals surface area contributed by atoms with Crippen molar-refractivity contribution >= 4 is 28.9 Å². The lowest BCUT2D eigenvalue weighted by atomic mass is 10.1. The zero-order valence-corrected chi connectivity index (χ0v) is 14.7. The number of para-hydroxylation sites is 1. The van der Waals surface area contributed by atoms with Crippen molar-refractivity contribution in [2.24, 2.45) is 0 Å². The summed E-state index contributed by atoms with van der Waals surface area (Å²) >= 11 is 0. The van der Waals surface area contributed by atoms with Crippen molar-refractivity contribution in [1.29, 1.82) is 0 Å². The fourth-order valence-corrected chi connectivity index (χ4v) is 2.10. The number of carbonyl (C=O) groups excluding carboxylic acids is 1. The number of nitro groups is 2. The van der Waals surface area contributed by atoms with Crippen molar-refractivity contribution in [3.63, 3.8) is 0 Å². The molecule has 0 aliphatic rings. The summed E-state index contributed by atoms with van der Waals surface area (Å²) in [6.45, 7) is 5.38. The lowest BCUT2D eigenvalue weighted by Gasteiger charge is -2.21. The molecule has 0 unspecified atom stereocenters. The lowest BCUT2D eigenvalue weighted by molar-refractivity contribution is -0.385. The minimum Gasteiger partial charge on any atom is -0.360 e. The number of benzene rings is 1. The average molecular weight is 375 g/mol. The average Bonchev–Trinajstić information content (AvgIpc) is 2.57. The van der Waals surface area contributed by atoms with Gasteiger partial charge in [0.1, 0.15) is 11.9 Å². The highest BCUT2D eigenvalue weighted by molar-refractivity contribution is 5.98. The summed E-state index contributed by atoms with van der Waals surface area (Å²) in [5.41, 5.74) is 2.92. The van der Waals surface area contributed by atoms with E-state index in [0.717, 1.165) is 6.33 Å². The molecule has 0 saturated heterocycles. The van der Waals surface area contributed by atoms with Gasteiger partial charge in [-0.25, -0.2) is 9.97 Å². The quantitative estimate of drug-likeness (QED) is 0.507. The number of hydrogen-bond acceptors (Lipinski definition) is 9. The van der Waals surface area contributed by atoms with Crippen LogP contribution in [0.2, 0.25) is 0 Å². The number of hydrogen-bond donors (Lipinski definition) is 3. The molecule has 2 aromatic rings. The third-order valence-corrected chi connectivity index (χ3v) is 3.14. The van der Waals surface area contributed by atoms with Crippen LogP contribution in [0.15, 0.2) is 30.6 Å². The molecule has 0 saturated carbocycles. The van der Waals surface area contributed by atoms with E-state index in [-0.39, 0.29) is 17.2 Å². The van der Waals surface area contributed by atoms with Gasteiger partial charge in [0.2, 0.25) is 11.6 Å². The highest BCUT2D eigenvalue weighted by atomic mass is 16.6. The first-order valence-electron chi connectivity index (χ1n) is 7.67. The number of nitrogens with one attached hydrogen (secondary N) is 3. The number of carbonyl (C=O) groups is 1. The summed E-state index contributed by atoms with van der Waals surface area (Å²) in [7, 11) is 0. The Labute approximate surface area is 153 Å². The van der Waals surface area contributed by atoms with Crippen LogP contribution >= 0.6 is 0 Å². The summed E-state index contributed by atoms with van der Waals surface area (Å²) in [6.07, 6.45) is 1.08. The van der Waals surface area contributed by atoms with Crippen LogP contribution in [-0.2, 0) is 0 Å². The molecule has 0 aliphatic heterocycles. The van der Waals surface area contributed by atoms with Crippen molar-refractivity contribution in [3.05, 3.63) is 56.4 Å². The minimum absolute atomic E-state index is 0.0371. The molecule has 12 nitrogen and oxygen atoms in total. The Morgan fingerprint density at radius 1 is 1.04 bits per heavy atom. The van der Waals surface area contributed by atoms with E-state index < -0.39 is 32.7 Å². The second-order valence-electron chi connectivity index (χ2n) is 6.40. The molecule has 27 heavy (non-hydrogen) atoms. The van der Waals surface area contributed by atoms with Crippen molar-refractivity contribution in [3.8, 4) is 0 Å². The Hall–Kier alpha value is -3.83. The first-order chi connectivity index (χ1) is 12.6. The molecule has 0 atom stereocenters. The molecular weight excluding hydrogens is 358 g/mol. The summed E-state index contributed by atoms with van der Waals surface area (Å²) < 4.78 is 0. The van der Waals surface area contributed by atoms with Crippen LogP contribution in [-0.4, -0.2) is 31.3 Å². The maximum atomic E-state index is 12.2. The first kappa shape index (κ1) is 19.5. The van der Waals surface area contributed by atoms with E-state index in [0.29, 0.717) is 0 Å². The Balaban J connectivity index is 2.28. The molecule has 12 heteroatoms. The normalized spacial score (nSPS) is 10.8. The molecule has 0 bridgehead atoms. The zero-order valence-electron chi connectivity index (χ0n) is 14.7. The van der Waals surface area contributed by atoms with Gasteiger partial charge >= 0.3 is 5.69 Å². The fourth-order valence-electron chi connectivity index (χ4n) is 2.10. The highest BCUT2D eigenvalue weighted by Crippen LogP contribution is 2.30. The number of amides is 1. The molecule has 0 aliphatic carbocycles. The fraction of sp³-hybridized carbons (Fsp3) is 0.267. The van der Waals surface area contributed by atoms with Crippen molar-refractivity contribution in [2.45, 2.75) is 26.3 Å². The first-order valence-corrected chi connectivity index (χ1v) is 7.67. The predicted octanol–water partition coefficient (Wildman–Crippen LogP) is 2.26. The molecule has 1 heterocycles. The summed E-state index contributed by atoms with van der Waals surface area (Å²) in [5.74, 6) is -1.15. The van der Waals surface area contributed by atoms with Gasteiger partial charge in [-0.1, -0.05) is 12.1 Å². The zero-order chi connectivity index (χ0) is 20.2. The van der Waals surface area contributed by atoms with Gasteiger partial charge < -0.3 is 5.32 Å². The molecule has 1 aromatic carbocycles. The van der Waals surface area contributed by atoms with Gasteiger partial charge in [-0.2, -0.15) is 0 Å². The maximum absolute atomic E-state index is 12.2. The van der Waals surface area contributed by atoms with Gasteiger partial charge in [-0.3, -0.25) is 35.9 Å². The van der Waals surface area contributed by atoms with Crippen LogP contribution in [0.25, 0.3) is 0 Å². The van der Waals surface area contributed by atoms with Crippen LogP contribution in [0.5, 0.6) is 0 Å². The molecule has 1 aromatic heterocycles. The number of rotatable bonds is 6. The number of anilines is 2. The van der Waals surface area contributed by atoms with E-state index >= 15 is 0 Å². The van der Waals surface area contributed by atoms with Crippen LogP contribution in [0.4, 0.5) is 23.0 Å². The number of nitro benzene ring substituents is 1. The minimum atomic E-state index is -0.847. The molecule has 1 amide bonds. The van der Waals surface area contributed by atoms with E-state index in [9.17, 15) is 25.0 Å². The molecule has 2 rings (SSSR count). The van der Waals surface area contributed by atoms with Crippen LogP contribution in [0.1, 0.15) is 31.1 Å².